The second-order valence-corrected chi connectivity index (χ2v) is 3.97. The van der Waals surface area contributed by atoms with Crippen LogP contribution in [0, 0.1) is 0 Å². The first-order valence-corrected chi connectivity index (χ1v) is 5.06. The summed E-state index contributed by atoms with van der Waals surface area (Å²) in [5.74, 6) is 0. The zero-order valence-electron chi connectivity index (χ0n) is 7.64. The van der Waals surface area contributed by atoms with E-state index in [4.69, 9.17) is 0 Å². The molecule has 1 aliphatic carbocycles. The molecular weight excluding hydrogens is 162 g/mol. The van der Waals surface area contributed by atoms with Crippen LogP contribution in [0.25, 0.3) is 0 Å². The van der Waals surface area contributed by atoms with Crippen molar-refractivity contribution in [2.75, 3.05) is 13.1 Å². The fourth-order valence-electron chi connectivity index (χ4n) is 2.57. The summed E-state index contributed by atoms with van der Waals surface area (Å²) in [4.78, 5) is 0. The fraction of sp³-hybridized carbons (Fsp3) is 0.600. The Bertz CT molecular complexity index is 280. The molecule has 3 aliphatic rings. The van der Waals surface area contributed by atoms with Gasteiger partial charge in [0.2, 0.25) is 0 Å². The summed E-state index contributed by atoms with van der Waals surface area (Å²) in [7, 11) is 0. The van der Waals surface area contributed by atoms with Crippen LogP contribution in [0.4, 0.5) is 0 Å². The predicted octanol–water partition coefficient (Wildman–Crippen LogP) is 0.0812. The first-order chi connectivity index (χ1) is 6.45. The molecule has 2 heterocycles. The van der Waals surface area contributed by atoms with Crippen molar-refractivity contribution in [2.45, 2.75) is 24.9 Å². The van der Waals surface area contributed by atoms with Gasteiger partial charge in [0.25, 0.3) is 0 Å². The molecule has 3 rings (SSSR count). The molecule has 0 spiro atoms. The van der Waals surface area contributed by atoms with Crippen LogP contribution in [0.1, 0.15) is 12.8 Å². The van der Waals surface area contributed by atoms with Gasteiger partial charge >= 0.3 is 0 Å². The zero-order valence-corrected chi connectivity index (χ0v) is 7.64. The topological polar surface area (TPSA) is 36.1 Å². The third-order valence-corrected chi connectivity index (χ3v) is 3.25. The first kappa shape index (κ1) is 7.74. The number of hydrogen-bond acceptors (Lipinski definition) is 3. The third kappa shape index (κ3) is 1.15. The maximum absolute atomic E-state index is 3.53. The van der Waals surface area contributed by atoms with E-state index in [-0.39, 0.29) is 0 Å². The summed E-state index contributed by atoms with van der Waals surface area (Å²) >= 11 is 0. The molecule has 1 saturated heterocycles. The average Bonchev–Trinajstić information content (AvgIpc) is 2.65. The van der Waals surface area contributed by atoms with Crippen LogP contribution >= 0.6 is 0 Å². The van der Waals surface area contributed by atoms with E-state index in [1.807, 2.05) is 0 Å². The molecular formula is C10H15N3. The molecule has 0 radical (unpaired) electrons. The van der Waals surface area contributed by atoms with Gasteiger partial charge in [0, 0.05) is 25.2 Å². The lowest BCUT2D eigenvalue weighted by molar-refractivity contribution is 0.452. The van der Waals surface area contributed by atoms with Crippen LogP contribution in [0.2, 0.25) is 0 Å². The van der Waals surface area contributed by atoms with E-state index in [1.54, 1.807) is 5.57 Å². The first-order valence-electron chi connectivity index (χ1n) is 5.06. The Labute approximate surface area is 78.2 Å². The Kier molecular flexibility index (Phi) is 1.75. The molecule has 2 aliphatic heterocycles. The molecule has 0 saturated carbocycles. The molecule has 3 N–H and O–H groups in total. The highest BCUT2D eigenvalue weighted by Gasteiger charge is 2.31. The van der Waals surface area contributed by atoms with Crippen LogP contribution in [-0.2, 0) is 0 Å². The number of fused-ring (bicyclic) bond motifs is 2. The summed E-state index contributed by atoms with van der Waals surface area (Å²) in [6.07, 6.45) is 7.05. The van der Waals surface area contributed by atoms with Gasteiger partial charge in [-0.05, 0) is 24.0 Å². The summed E-state index contributed by atoms with van der Waals surface area (Å²) in [6.45, 7) is 2.05. The molecule has 70 valence electrons. The molecule has 3 heteroatoms. The monoisotopic (exact) mass is 177 g/mol. The van der Waals surface area contributed by atoms with E-state index >= 15 is 0 Å². The van der Waals surface area contributed by atoms with Crippen LogP contribution in [0.3, 0.4) is 0 Å². The minimum absolute atomic E-state index is 0.593. The predicted molar refractivity (Wildman–Crippen MR) is 52.1 cm³/mol. The van der Waals surface area contributed by atoms with Crippen molar-refractivity contribution in [1.29, 1.82) is 0 Å². The Morgan fingerprint density at radius 2 is 2.15 bits per heavy atom. The van der Waals surface area contributed by atoms with Gasteiger partial charge in [0.1, 0.15) is 0 Å². The van der Waals surface area contributed by atoms with Crippen molar-refractivity contribution in [3.8, 4) is 0 Å². The SMILES string of the molecule is C1=CC2=C3CNNC3CCC2NC1. The molecule has 13 heavy (non-hydrogen) atoms. The highest BCUT2D eigenvalue weighted by molar-refractivity contribution is 5.40. The van der Waals surface area contributed by atoms with E-state index in [0.29, 0.717) is 12.1 Å². The lowest BCUT2D eigenvalue weighted by Gasteiger charge is -2.31. The second kappa shape index (κ2) is 2.94. The molecule has 2 atom stereocenters. The standard InChI is InChI=1S/C10H15N3/c1-2-7-8-6-12-13-10(8)4-3-9(7)11-5-1/h1-2,9-13H,3-6H2. The van der Waals surface area contributed by atoms with Crippen LogP contribution in [-0.4, -0.2) is 25.2 Å². The minimum atomic E-state index is 0.593. The summed E-state index contributed by atoms with van der Waals surface area (Å²) in [5, 5.41) is 3.53. The molecule has 0 aromatic rings. The van der Waals surface area contributed by atoms with Crippen molar-refractivity contribution in [2.24, 2.45) is 0 Å². The Hall–Kier alpha value is -0.640. The van der Waals surface area contributed by atoms with Crippen molar-refractivity contribution in [3.05, 3.63) is 23.3 Å². The van der Waals surface area contributed by atoms with E-state index < -0.39 is 0 Å². The Balaban J connectivity index is 2.03. The van der Waals surface area contributed by atoms with Crippen LogP contribution < -0.4 is 16.2 Å². The van der Waals surface area contributed by atoms with Gasteiger partial charge in [-0.3, -0.25) is 10.9 Å². The quantitative estimate of drug-likeness (QED) is 0.490. The molecule has 0 amide bonds. The van der Waals surface area contributed by atoms with Gasteiger partial charge in [0.15, 0.2) is 0 Å². The van der Waals surface area contributed by atoms with Crippen molar-refractivity contribution in [1.82, 2.24) is 16.2 Å². The van der Waals surface area contributed by atoms with Gasteiger partial charge in [0.05, 0.1) is 0 Å². The normalized spacial score (nSPS) is 37.5. The smallest absolute Gasteiger partial charge is 0.0442 e. The van der Waals surface area contributed by atoms with Gasteiger partial charge in [-0.2, -0.15) is 0 Å². The lowest BCUT2D eigenvalue weighted by Crippen LogP contribution is -2.41. The van der Waals surface area contributed by atoms with E-state index in [0.717, 1.165) is 13.1 Å². The van der Waals surface area contributed by atoms with E-state index in [1.165, 1.54) is 18.4 Å². The van der Waals surface area contributed by atoms with Crippen LogP contribution in [0.5, 0.6) is 0 Å². The molecule has 3 nitrogen and oxygen atoms in total. The fourth-order valence-corrected chi connectivity index (χ4v) is 2.57. The van der Waals surface area contributed by atoms with Gasteiger partial charge in [-0.25, -0.2) is 0 Å². The molecule has 2 unspecified atom stereocenters. The third-order valence-electron chi connectivity index (χ3n) is 3.25. The van der Waals surface area contributed by atoms with Crippen LogP contribution in [0.15, 0.2) is 23.3 Å². The maximum Gasteiger partial charge on any atom is 0.0442 e. The maximum atomic E-state index is 3.53. The largest absolute Gasteiger partial charge is 0.306 e. The molecule has 0 bridgehead atoms. The molecule has 1 fully saturated rings. The minimum Gasteiger partial charge on any atom is -0.306 e. The van der Waals surface area contributed by atoms with Gasteiger partial charge in [-0.15, -0.1) is 0 Å². The molecule has 0 aromatic heterocycles. The van der Waals surface area contributed by atoms with Gasteiger partial charge in [-0.1, -0.05) is 12.2 Å². The number of hydrazine groups is 1. The van der Waals surface area contributed by atoms with E-state index in [9.17, 15) is 0 Å². The summed E-state index contributed by atoms with van der Waals surface area (Å²) < 4.78 is 0. The average molecular weight is 177 g/mol. The Morgan fingerprint density at radius 1 is 1.23 bits per heavy atom. The van der Waals surface area contributed by atoms with Crippen molar-refractivity contribution >= 4 is 0 Å². The number of hydrogen-bond donors (Lipinski definition) is 3. The highest BCUT2D eigenvalue weighted by Crippen LogP contribution is 2.29. The van der Waals surface area contributed by atoms with Crippen molar-refractivity contribution < 1.29 is 0 Å². The molecule has 0 aromatic carbocycles. The zero-order chi connectivity index (χ0) is 8.67. The highest BCUT2D eigenvalue weighted by atomic mass is 15.4. The summed E-state index contributed by atoms with van der Waals surface area (Å²) in [5.41, 5.74) is 9.65. The second-order valence-electron chi connectivity index (χ2n) is 3.97. The Morgan fingerprint density at radius 3 is 3.15 bits per heavy atom. The number of rotatable bonds is 0. The van der Waals surface area contributed by atoms with Gasteiger partial charge < -0.3 is 5.32 Å². The van der Waals surface area contributed by atoms with Crippen molar-refractivity contribution in [3.63, 3.8) is 0 Å². The lowest BCUT2D eigenvalue weighted by atomic mass is 9.84. The summed E-state index contributed by atoms with van der Waals surface area (Å²) in [6, 6.07) is 1.22. The van der Waals surface area contributed by atoms with E-state index in [2.05, 4.69) is 28.3 Å². The number of nitrogens with one attached hydrogen (secondary N) is 3.